The van der Waals surface area contributed by atoms with Gasteiger partial charge in [-0.25, -0.2) is 0 Å². The number of hydrogen-bond donors (Lipinski definition) is 2. The Morgan fingerprint density at radius 2 is 2.50 bits per heavy atom. The van der Waals surface area contributed by atoms with E-state index in [0.29, 0.717) is 0 Å². The van der Waals surface area contributed by atoms with Crippen molar-refractivity contribution in [3.05, 3.63) is 29.5 Å². The van der Waals surface area contributed by atoms with E-state index in [1.54, 1.807) is 0 Å². The van der Waals surface area contributed by atoms with Gasteiger partial charge in [0, 0.05) is 5.57 Å². The standard InChI is InChI=1S/C8H9N3S/c1-6(10-11-8(9)12)7-4-2-3-5-7/h2-4H,1H3,(H3,9,11,12)/b10-6+. The van der Waals surface area contributed by atoms with Crippen molar-refractivity contribution < 1.29 is 0 Å². The van der Waals surface area contributed by atoms with Crippen LogP contribution in [0.25, 0.3) is 0 Å². The van der Waals surface area contributed by atoms with Crippen LogP contribution in [0.2, 0.25) is 0 Å². The first-order valence-electron chi connectivity index (χ1n) is 3.43. The van der Waals surface area contributed by atoms with E-state index in [9.17, 15) is 0 Å². The van der Waals surface area contributed by atoms with E-state index in [-0.39, 0.29) is 5.11 Å². The van der Waals surface area contributed by atoms with Crippen LogP contribution in [0, 0.1) is 0 Å². The van der Waals surface area contributed by atoms with Crippen LogP contribution in [0.1, 0.15) is 6.92 Å². The number of nitrogens with one attached hydrogen (secondary N) is 1. The molecule has 12 heavy (non-hydrogen) atoms. The predicted molar refractivity (Wildman–Crippen MR) is 53.8 cm³/mol. The second-order valence-corrected chi connectivity index (χ2v) is 2.70. The average Bonchev–Trinajstić information content (AvgIpc) is 2.51. The summed E-state index contributed by atoms with van der Waals surface area (Å²) >= 11 is 4.59. The van der Waals surface area contributed by atoms with Gasteiger partial charge in [-0.3, -0.25) is 5.43 Å². The molecule has 1 aliphatic rings. The summed E-state index contributed by atoms with van der Waals surface area (Å²) in [4.78, 5) is 0. The molecule has 0 aliphatic heterocycles. The maximum absolute atomic E-state index is 5.20. The Morgan fingerprint density at radius 3 is 3.00 bits per heavy atom. The third kappa shape index (κ3) is 2.34. The Labute approximate surface area is 76.3 Å². The van der Waals surface area contributed by atoms with E-state index < -0.39 is 0 Å². The lowest BCUT2D eigenvalue weighted by atomic mass is 10.2. The minimum absolute atomic E-state index is 0.168. The average molecular weight is 179 g/mol. The first-order valence-corrected chi connectivity index (χ1v) is 3.84. The van der Waals surface area contributed by atoms with Crippen LogP contribution in [-0.4, -0.2) is 10.8 Å². The predicted octanol–water partition coefficient (Wildman–Crippen LogP) is 0.847. The van der Waals surface area contributed by atoms with E-state index in [1.807, 2.05) is 25.2 Å². The fraction of sp³-hybridized carbons (Fsp3) is 0.125. The zero-order chi connectivity index (χ0) is 8.97. The van der Waals surface area contributed by atoms with Gasteiger partial charge in [0.1, 0.15) is 0 Å². The Hall–Kier alpha value is -1.38. The van der Waals surface area contributed by atoms with Crippen molar-refractivity contribution in [2.24, 2.45) is 10.8 Å². The van der Waals surface area contributed by atoms with E-state index in [0.717, 1.165) is 11.3 Å². The summed E-state index contributed by atoms with van der Waals surface area (Å²) in [5, 5.41) is 4.10. The highest BCUT2D eigenvalue weighted by Crippen LogP contribution is 2.03. The number of allylic oxidation sites excluding steroid dienone is 3. The molecule has 0 aromatic carbocycles. The zero-order valence-corrected chi connectivity index (χ0v) is 7.48. The van der Waals surface area contributed by atoms with E-state index in [2.05, 4.69) is 28.5 Å². The molecule has 0 atom stereocenters. The van der Waals surface area contributed by atoms with Crippen molar-refractivity contribution in [1.82, 2.24) is 5.43 Å². The molecule has 0 aromatic rings. The van der Waals surface area contributed by atoms with E-state index in [4.69, 9.17) is 5.73 Å². The SMILES string of the molecule is C/C(=N\NC(N)=S)C1=C=CC=C1. The molecule has 4 heteroatoms. The van der Waals surface area contributed by atoms with Gasteiger partial charge >= 0.3 is 0 Å². The van der Waals surface area contributed by atoms with Gasteiger partial charge in [-0.1, -0.05) is 6.08 Å². The molecule has 3 N–H and O–H groups in total. The maximum atomic E-state index is 5.20. The molecule has 0 spiro atoms. The zero-order valence-electron chi connectivity index (χ0n) is 6.66. The Kier molecular flexibility index (Phi) is 2.80. The van der Waals surface area contributed by atoms with Gasteiger partial charge in [-0.15, -0.1) is 5.73 Å². The molecule has 0 saturated heterocycles. The van der Waals surface area contributed by atoms with Crippen molar-refractivity contribution in [1.29, 1.82) is 0 Å². The molecule has 0 radical (unpaired) electrons. The topological polar surface area (TPSA) is 50.4 Å². The summed E-state index contributed by atoms with van der Waals surface area (Å²) in [6, 6.07) is 0. The van der Waals surface area contributed by atoms with Crippen LogP contribution in [-0.2, 0) is 0 Å². The third-order valence-corrected chi connectivity index (χ3v) is 1.41. The minimum atomic E-state index is 0.168. The highest BCUT2D eigenvalue weighted by Gasteiger charge is 1.98. The van der Waals surface area contributed by atoms with Gasteiger partial charge in [-0.2, -0.15) is 5.10 Å². The molecular weight excluding hydrogens is 170 g/mol. The van der Waals surface area contributed by atoms with Gasteiger partial charge in [0.05, 0.1) is 5.71 Å². The number of nitrogens with two attached hydrogens (primary N) is 1. The Balaban J connectivity index is 2.64. The van der Waals surface area contributed by atoms with Gasteiger partial charge in [0.25, 0.3) is 0 Å². The second kappa shape index (κ2) is 3.85. The van der Waals surface area contributed by atoms with E-state index in [1.165, 1.54) is 0 Å². The summed E-state index contributed by atoms with van der Waals surface area (Å²) in [6.45, 7) is 1.86. The van der Waals surface area contributed by atoms with Crippen molar-refractivity contribution in [2.45, 2.75) is 6.92 Å². The molecule has 3 nitrogen and oxygen atoms in total. The molecular formula is C8H9N3S. The largest absolute Gasteiger partial charge is 0.375 e. The molecule has 1 rings (SSSR count). The van der Waals surface area contributed by atoms with Gasteiger partial charge in [-0.05, 0) is 31.3 Å². The molecule has 0 heterocycles. The van der Waals surface area contributed by atoms with Crippen molar-refractivity contribution in [3.63, 3.8) is 0 Å². The molecule has 0 fully saturated rings. The molecule has 62 valence electrons. The lowest BCUT2D eigenvalue weighted by molar-refractivity contribution is 1.03. The van der Waals surface area contributed by atoms with Crippen molar-refractivity contribution in [2.75, 3.05) is 0 Å². The summed E-state index contributed by atoms with van der Waals surface area (Å²) in [7, 11) is 0. The molecule has 0 unspecified atom stereocenters. The first-order chi connectivity index (χ1) is 5.70. The van der Waals surface area contributed by atoms with Gasteiger partial charge in [0.15, 0.2) is 5.11 Å². The van der Waals surface area contributed by atoms with Crippen LogP contribution >= 0.6 is 12.2 Å². The summed E-state index contributed by atoms with van der Waals surface area (Å²) in [6.07, 6.45) is 5.64. The monoisotopic (exact) mass is 179 g/mol. The smallest absolute Gasteiger partial charge is 0.184 e. The molecule has 1 aliphatic carbocycles. The van der Waals surface area contributed by atoms with Crippen molar-refractivity contribution >= 4 is 23.0 Å². The lowest BCUT2D eigenvalue weighted by Crippen LogP contribution is -2.25. The number of rotatable bonds is 2. The van der Waals surface area contributed by atoms with Crippen LogP contribution < -0.4 is 11.2 Å². The quantitative estimate of drug-likeness (QED) is 0.286. The second-order valence-electron chi connectivity index (χ2n) is 2.26. The maximum Gasteiger partial charge on any atom is 0.184 e. The molecule has 0 aromatic heterocycles. The Morgan fingerprint density at radius 1 is 1.75 bits per heavy atom. The fourth-order valence-electron chi connectivity index (χ4n) is 0.755. The fourth-order valence-corrected chi connectivity index (χ4v) is 0.800. The van der Waals surface area contributed by atoms with Crippen LogP contribution in [0.15, 0.2) is 34.6 Å². The van der Waals surface area contributed by atoms with Crippen LogP contribution in [0.5, 0.6) is 0 Å². The molecule has 0 bridgehead atoms. The van der Waals surface area contributed by atoms with Gasteiger partial charge < -0.3 is 5.73 Å². The summed E-state index contributed by atoms with van der Waals surface area (Å²) < 4.78 is 0. The number of hydrazone groups is 1. The normalized spacial score (nSPS) is 14.8. The highest BCUT2D eigenvalue weighted by molar-refractivity contribution is 7.80. The van der Waals surface area contributed by atoms with Crippen molar-refractivity contribution in [3.8, 4) is 0 Å². The summed E-state index contributed by atoms with van der Waals surface area (Å²) in [5.41, 5.74) is 12.5. The van der Waals surface area contributed by atoms with E-state index >= 15 is 0 Å². The first kappa shape index (κ1) is 8.71. The molecule has 0 saturated carbocycles. The molecule has 0 amide bonds. The number of hydrogen-bond acceptors (Lipinski definition) is 2. The van der Waals surface area contributed by atoms with Crippen LogP contribution in [0.4, 0.5) is 0 Å². The van der Waals surface area contributed by atoms with Crippen LogP contribution in [0.3, 0.4) is 0 Å². The minimum Gasteiger partial charge on any atom is -0.375 e. The number of nitrogens with zero attached hydrogens (tertiary/aromatic N) is 1. The highest BCUT2D eigenvalue weighted by atomic mass is 32.1. The third-order valence-electron chi connectivity index (χ3n) is 1.32. The summed E-state index contributed by atoms with van der Waals surface area (Å²) in [5.74, 6) is 0. The number of thiocarbonyl (C=S) groups is 1. The van der Waals surface area contributed by atoms with Gasteiger partial charge in [0.2, 0.25) is 0 Å². The Bertz CT molecular complexity index is 319. The lowest BCUT2D eigenvalue weighted by Gasteiger charge is -1.98.